The summed E-state index contributed by atoms with van der Waals surface area (Å²) in [5.41, 5.74) is -8.10. The number of hydrogen-bond donors (Lipinski definition) is 2. The van der Waals surface area contributed by atoms with Gasteiger partial charge in [-0.1, -0.05) is 23.7 Å². The number of nitrogens with zero attached hydrogens (tertiary/aromatic N) is 5. The van der Waals surface area contributed by atoms with Gasteiger partial charge in [0.2, 0.25) is 16.8 Å². The molecule has 1 N–H and O–H groups in total. The monoisotopic (exact) mass is 876 g/mol. The summed E-state index contributed by atoms with van der Waals surface area (Å²) in [5, 5.41) is 6.68. The highest BCUT2D eigenvalue weighted by atomic mass is 35.5. The Morgan fingerprint density at radius 1 is 1.00 bits per heavy atom. The van der Waals surface area contributed by atoms with Gasteiger partial charge in [-0.2, -0.15) is 31.7 Å². The summed E-state index contributed by atoms with van der Waals surface area (Å²) in [6.07, 6.45) is -1.63. The maximum Gasteiger partial charge on any atom is 0.534 e. The number of alkyl halides is 3. The van der Waals surface area contributed by atoms with Crippen molar-refractivity contribution >= 4 is 55.4 Å². The van der Waals surface area contributed by atoms with E-state index in [1.165, 1.54) is 47.1 Å². The van der Waals surface area contributed by atoms with Gasteiger partial charge in [-0.25, -0.2) is 22.0 Å². The van der Waals surface area contributed by atoms with Gasteiger partial charge in [0.25, 0.3) is 5.56 Å². The number of methoxy groups -OCH3 is 1. The first-order chi connectivity index (χ1) is 27.0. The summed E-state index contributed by atoms with van der Waals surface area (Å²) in [7, 11) is -6.95. The Bertz CT molecular complexity index is 2580. The van der Waals surface area contributed by atoms with E-state index in [-0.39, 0.29) is 46.0 Å². The second-order valence-electron chi connectivity index (χ2n) is 13.5. The summed E-state index contributed by atoms with van der Waals surface area (Å²) < 4.78 is 136. The van der Waals surface area contributed by atoms with Crippen LogP contribution in [0.3, 0.4) is 0 Å². The van der Waals surface area contributed by atoms with Crippen LogP contribution in [-0.2, 0) is 45.6 Å². The molecule has 23 heteroatoms. The average molecular weight is 877 g/mol. The van der Waals surface area contributed by atoms with Crippen molar-refractivity contribution < 1.29 is 57.2 Å². The molecular weight excluding hydrogens is 843 g/mol. The Labute approximate surface area is 334 Å². The van der Waals surface area contributed by atoms with E-state index in [0.717, 1.165) is 31.3 Å². The minimum Gasteiger partial charge on any atom is -0.497 e. The number of fused-ring (bicyclic) bond motifs is 1. The van der Waals surface area contributed by atoms with Gasteiger partial charge in [0.05, 0.1) is 40.8 Å². The molecule has 312 valence electrons. The molecule has 0 bridgehead atoms. The Morgan fingerprint density at radius 2 is 1.64 bits per heavy atom. The molecule has 0 fully saturated rings. The van der Waals surface area contributed by atoms with E-state index in [9.17, 15) is 48.4 Å². The fourth-order valence-electron chi connectivity index (χ4n) is 5.77. The van der Waals surface area contributed by atoms with Crippen molar-refractivity contribution in [1.29, 1.82) is 0 Å². The molecule has 0 aliphatic heterocycles. The van der Waals surface area contributed by atoms with Crippen molar-refractivity contribution in [3.63, 3.8) is 0 Å². The number of rotatable bonds is 13. The van der Waals surface area contributed by atoms with E-state index in [1.807, 2.05) is 0 Å². The van der Waals surface area contributed by atoms with Gasteiger partial charge in [0.1, 0.15) is 28.8 Å². The number of aromatic nitrogens is 4. The van der Waals surface area contributed by atoms with E-state index in [2.05, 4.69) is 19.6 Å². The van der Waals surface area contributed by atoms with Crippen LogP contribution in [0.2, 0.25) is 5.02 Å². The van der Waals surface area contributed by atoms with Crippen molar-refractivity contribution in [1.82, 2.24) is 24.6 Å². The molecule has 15 nitrogen and oxygen atoms in total. The van der Waals surface area contributed by atoms with Crippen LogP contribution < -0.4 is 24.1 Å². The number of alkyl carbamates (subject to hydrolysis) is 1. The molecule has 58 heavy (non-hydrogen) atoms. The molecule has 2 aromatic heterocycles. The third kappa shape index (κ3) is 9.96. The molecule has 1 atom stereocenters. The van der Waals surface area contributed by atoms with Crippen LogP contribution in [0.1, 0.15) is 43.8 Å². The fourth-order valence-corrected chi connectivity index (χ4v) is 6.97. The number of benzene rings is 3. The molecule has 5 aromatic rings. The van der Waals surface area contributed by atoms with Crippen molar-refractivity contribution in [2.24, 2.45) is 7.05 Å². The zero-order valence-electron chi connectivity index (χ0n) is 31.0. The van der Waals surface area contributed by atoms with E-state index in [1.54, 1.807) is 24.3 Å². The van der Waals surface area contributed by atoms with E-state index in [4.69, 9.17) is 21.1 Å². The van der Waals surface area contributed by atoms with Gasteiger partial charge >= 0.3 is 21.7 Å². The van der Waals surface area contributed by atoms with Crippen LogP contribution in [-0.4, -0.2) is 67.0 Å². The maximum atomic E-state index is 14.4. The topological polar surface area (TPSA) is 181 Å². The lowest BCUT2D eigenvalue weighted by Gasteiger charge is -2.26. The van der Waals surface area contributed by atoms with Gasteiger partial charge in [0.15, 0.2) is 5.82 Å². The number of halogens is 6. The molecular formula is C35H34ClF5N6O9S2. The smallest absolute Gasteiger partial charge is 0.497 e. The number of anilines is 1. The fraction of sp³-hybridized carbons (Fsp3) is 0.314. The lowest BCUT2D eigenvalue weighted by molar-refractivity contribution is -0.0501. The number of thiol groups is 1. The first kappa shape index (κ1) is 43.6. The molecule has 3 aromatic carbocycles. The average Bonchev–Trinajstić information content (AvgIpc) is 3.44. The number of ether oxygens (including phenoxy) is 2. The van der Waals surface area contributed by atoms with E-state index >= 15 is 0 Å². The van der Waals surface area contributed by atoms with Crippen LogP contribution in [0.5, 0.6) is 11.6 Å². The molecule has 2 heterocycles. The summed E-state index contributed by atoms with van der Waals surface area (Å²) in [6.45, 7) is 4.34. The Morgan fingerprint density at radius 3 is 2.21 bits per heavy atom. The molecule has 0 aliphatic rings. The molecule has 0 saturated carbocycles. The second kappa shape index (κ2) is 16.8. The maximum absolute atomic E-state index is 14.4. The van der Waals surface area contributed by atoms with E-state index in [0.29, 0.717) is 17.9 Å². The standard InChI is InChI=1S/C35H34ClF5N6O9S2/c1-34(2,3)55-33(49)42-25(16-20-14-21(37)17-22(38)15-20)31-43-27(56-58(52,53)35(39,40)41)18-28(48)47(31)26-11-10-24(36)29-30(26)45(4)44-32(29)46(57(50)51)13-12-19-6-8-23(54-5)9-7-19/h6-11,14-15,17-18,25,57H,12-13,16H2,1-5H3,(H,42,49). The Kier molecular flexibility index (Phi) is 12.6. The van der Waals surface area contributed by atoms with Crippen LogP contribution in [0.4, 0.5) is 32.6 Å². The largest absolute Gasteiger partial charge is 0.534 e. The predicted molar refractivity (Wildman–Crippen MR) is 201 cm³/mol. The van der Waals surface area contributed by atoms with Gasteiger partial charge in [0, 0.05) is 26.1 Å². The van der Waals surface area contributed by atoms with Crippen molar-refractivity contribution in [3.05, 3.63) is 105 Å². The molecule has 0 spiro atoms. The molecule has 0 saturated heterocycles. The number of nitrogens with one attached hydrogen (secondary N) is 1. The zero-order chi connectivity index (χ0) is 42.9. The van der Waals surface area contributed by atoms with Crippen molar-refractivity contribution in [2.45, 2.75) is 50.8 Å². The van der Waals surface area contributed by atoms with Crippen molar-refractivity contribution in [3.8, 4) is 17.3 Å². The summed E-state index contributed by atoms with van der Waals surface area (Å²) in [5.74, 6) is -3.85. The molecule has 1 unspecified atom stereocenters. The third-order valence-corrected chi connectivity index (χ3v) is 10.2. The molecule has 5 rings (SSSR count). The lowest BCUT2D eigenvalue weighted by Crippen LogP contribution is -2.39. The summed E-state index contributed by atoms with van der Waals surface area (Å²) in [6, 6.07) is 10.2. The lowest BCUT2D eigenvalue weighted by atomic mass is 10.0. The number of carbonyl (C=O) groups excluding carboxylic acids is 1. The van der Waals surface area contributed by atoms with Gasteiger partial charge < -0.3 is 19.0 Å². The number of amides is 1. The molecule has 0 aliphatic carbocycles. The first-order valence-corrected chi connectivity index (χ1v) is 19.7. The predicted octanol–water partition coefficient (Wildman–Crippen LogP) is 5.67. The Hall–Kier alpha value is -5.48. The molecule has 1 amide bonds. The first-order valence-electron chi connectivity index (χ1n) is 16.8. The molecule has 0 radical (unpaired) electrons. The van der Waals surface area contributed by atoms with E-state index < -0.39 is 79.6 Å². The summed E-state index contributed by atoms with van der Waals surface area (Å²) >= 11 is 6.65. The minimum absolute atomic E-state index is 0.0303. The minimum atomic E-state index is -6.42. The van der Waals surface area contributed by atoms with Crippen molar-refractivity contribution in [2.75, 3.05) is 18.0 Å². The second-order valence-corrected chi connectivity index (χ2v) is 16.4. The van der Waals surface area contributed by atoms with Gasteiger partial charge in [-0.05, 0) is 74.7 Å². The van der Waals surface area contributed by atoms with Crippen LogP contribution >= 0.6 is 11.6 Å². The van der Waals surface area contributed by atoms with Crippen LogP contribution in [0.15, 0.2) is 65.5 Å². The highest BCUT2D eigenvalue weighted by Crippen LogP contribution is 2.37. The van der Waals surface area contributed by atoms with Gasteiger partial charge in [-0.3, -0.25) is 18.3 Å². The highest BCUT2D eigenvalue weighted by Gasteiger charge is 2.49. The highest BCUT2D eigenvalue weighted by molar-refractivity contribution is 7.88. The van der Waals surface area contributed by atoms with Crippen LogP contribution in [0.25, 0.3) is 16.6 Å². The number of carbonyl (C=O) groups is 1. The quantitative estimate of drug-likeness (QED) is 0.0644. The summed E-state index contributed by atoms with van der Waals surface area (Å²) in [4.78, 5) is 31.2. The number of hydrogen-bond acceptors (Lipinski definition) is 11. The zero-order valence-corrected chi connectivity index (χ0v) is 33.5. The van der Waals surface area contributed by atoms with Crippen LogP contribution in [0, 0.1) is 11.6 Å². The van der Waals surface area contributed by atoms with Gasteiger partial charge in [-0.15, -0.1) is 0 Å². The SMILES string of the molecule is COc1ccc(CCN(c2nn(C)c3c(-n4c(C(Cc5cc(F)cc(F)c5)NC(=O)OC(C)(C)C)nc(OS(=O)(=O)C(F)(F)F)cc4=O)ccc(Cl)c23)[SH](=O)=O)cc1. The normalized spacial score (nSPS) is 12.8. The number of aryl methyl sites for hydroxylation is 1. The Balaban J connectivity index is 1.76. The third-order valence-electron chi connectivity index (χ3n) is 8.12.